The molecule has 2 aromatic rings. The number of aryl methyl sites for hydroxylation is 1. The summed E-state index contributed by atoms with van der Waals surface area (Å²) in [6.45, 7) is 2.74. The molecule has 0 aromatic heterocycles. The van der Waals surface area contributed by atoms with E-state index in [1.165, 1.54) is 5.56 Å². The maximum Gasteiger partial charge on any atom is 0.119 e. The molecule has 1 N–H and O–H groups in total. The van der Waals surface area contributed by atoms with Crippen molar-refractivity contribution < 1.29 is 9.84 Å². The Morgan fingerprint density at radius 1 is 1.00 bits per heavy atom. The fraction of sp³-hybridized carbons (Fsp3) is 0.222. The molecule has 0 spiro atoms. The molecule has 0 bridgehead atoms. The molecule has 0 radical (unpaired) electrons. The van der Waals surface area contributed by atoms with Crippen molar-refractivity contribution in [1.82, 2.24) is 0 Å². The Morgan fingerprint density at radius 3 is 2.35 bits per heavy atom. The van der Waals surface area contributed by atoms with Crippen LogP contribution in [0.4, 0.5) is 0 Å². The van der Waals surface area contributed by atoms with Gasteiger partial charge in [0.2, 0.25) is 0 Å². The molecule has 0 unspecified atom stereocenters. The van der Waals surface area contributed by atoms with Gasteiger partial charge >= 0.3 is 0 Å². The zero-order valence-electron chi connectivity index (χ0n) is 11.6. The zero-order valence-corrected chi connectivity index (χ0v) is 11.6. The molecular weight excluding hydrogens is 248 g/mol. The summed E-state index contributed by atoms with van der Waals surface area (Å²) in [7, 11) is 0. The predicted octanol–water partition coefficient (Wildman–Crippen LogP) is 3.31. The van der Waals surface area contributed by atoms with Gasteiger partial charge in [0, 0.05) is 12.0 Å². The summed E-state index contributed by atoms with van der Waals surface area (Å²) in [5, 5.41) is 8.66. The van der Waals surface area contributed by atoms with Crippen LogP contribution in [0.15, 0.2) is 48.5 Å². The Kier molecular flexibility index (Phi) is 5.23. The van der Waals surface area contributed by atoms with Crippen molar-refractivity contribution in [3.63, 3.8) is 0 Å². The molecule has 0 saturated heterocycles. The van der Waals surface area contributed by atoms with E-state index in [1.807, 2.05) is 24.3 Å². The van der Waals surface area contributed by atoms with Crippen molar-refractivity contribution in [3.8, 4) is 17.6 Å². The summed E-state index contributed by atoms with van der Waals surface area (Å²) in [5.74, 6) is 6.71. The van der Waals surface area contributed by atoms with Gasteiger partial charge in [-0.15, -0.1) is 0 Å². The van der Waals surface area contributed by atoms with Crippen molar-refractivity contribution in [2.24, 2.45) is 0 Å². The van der Waals surface area contributed by atoms with Crippen LogP contribution < -0.4 is 4.74 Å². The second-order valence-corrected chi connectivity index (χ2v) is 4.57. The molecule has 0 atom stereocenters. The predicted molar refractivity (Wildman–Crippen MR) is 80.5 cm³/mol. The summed E-state index contributed by atoms with van der Waals surface area (Å²) in [5.41, 5.74) is 3.34. The largest absolute Gasteiger partial charge is 0.489 e. The highest BCUT2D eigenvalue weighted by atomic mass is 16.5. The summed E-state index contributed by atoms with van der Waals surface area (Å²) in [6.07, 6.45) is 0.506. The number of rotatable bonds is 4. The van der Waals surface area contributed by atoms with Crippen LogP contribution in [0.2, 0.25) is 0 Å². The second kappa shape index (κ2) is 7.37. The molecule has 2 aromatic carbocycles. The van der Waals surface area contributed by atoms with Gasteiger partial charge in [0.05, 0.1) is 6.61 Å². The number of benzene rings is 2. The van der Waals surface area contributed by atoms with Crippen molar-refractivity contribution >= 4 is 0 Å². The maximum absolute atomic E-state index is 8.66. The van der Waals surface area contributed by atoms with E-state index in [4.69, 9.17) is 9.84 Å². The van der Waals surface area contributed by atoms with Gasteiger partial charge in [-0.2, -0.15) is 0 Å². The van der Waals surface area contributed by atoms with Crippen LogP contribution in [0.1, 0.15) is 23.1 Å². The maximum atomic E-state index is 8.66. The molecule has 0 saturated carbocycles. The van der Waals surface area contributed by atoms with Gasteiger partial charge in [-0.05, 0) is 36.8 Å². The number of hydrogen-bond acceptors (Lipinski definition) is 2. The molecular formula is C18H18O2. The molecule has 20 heavy (non-hydrogen) atoms. The Hall–Kier alpha value is -2.24. The highest BCUT2D eigenvalue weighted by Crippen LogP contribution is 2.14. The standard InChI is InChI=1S/C18H18O2/c1-15-5-7-17(8-6-15)14-20-18-11-9-16(10-12-18)4-2-3-13-19/h5-12,19H,3,13-14H2,1H3. The minimum Gasteiger partial charge on any atom is -0.489 e. The third-order valence-electron chi connectivity index (χ3n) is 2.85. The third kappa shape index (κ3) is 4.46. The second-order valence-electron chi connectivity index (χ2n) is 4.57. The third-order valence-corrected chi connectivity index (χ3v) is 2.85. The zero-order chi connectivity index (χ0) is 14.2. The normalized spacial score (nSPS) is 9.70. The van der Waals surface area contributed by atoms with Gasteiger partial charge < -0.3 is 9.84 Å². The lowest BCUT2D eigenvalue weighted by Crippen LogP contribution is -1.95. The molecule has 0 aliphatic rings. The van der Waals surface area contributed by atoms with Gasteiger partial charge in [-0.25, -0.2) is 0 Å². The number of aliphatic hydroxyl groups excluding tert-OH is 1. The lowest BCUT2D eigenvalue weighted by Gasteiger charge is -2.06. The average molecular weight is 266 g/mol. The minimum atomic E-state index is 0.102. The molecule has 2 rings (SSSR count). The molecule has 0 aliphatic carbocycles. The van der Waals surface area contributed by atoms with Gasteiger partial charge in [-0.3, -0.25) is 0 Å². The summed E-state index contributed by atoms with van der Waals surface area (Å²) < 4.78 is 5.72. The molecule has 0 amide bonds. The van der Waals surface area contributed by atoms with Gasteiger partial charge in [-0.1, -0.05) is 41.7 Å². The quantitative estimate of drug-likeness (QED) is 0.860. The van der Waals surface area contributed by atoms with Crippen molar-refractivity contribution in [1.29, 1.82) is 0 Å². The number of ether oxygens (including phenoxy) is 1. The van der Waals surface area contributed by atoms with E-state index in [1.54, 1.807) is 0 Å². The smallest absolute Gasteiger partial charge is 0.119 e. The average Bonchev–Trinajstić information content (AvgIpc) is 2.48. The lowest BCUT2D eigenvalue weighted by molar-refractivity contribution is 0.305. The van der Waals surface area contributed by atoms with Crippen molar-refractivity contribution in [2.45, 2.75) is 20.0 Å². The first-order chi connectivity index (χ1) is 9.78. The van der Waals surface area contributed by atoms with E-state index < -0.39 is 0 Å². The van der Waals surface area contributed by atoms with Gasteiger partial charge in [0.25, 0.3) is 0 Å². The van der Waals surface area contributed by atoms with Crippen LogP contribution in [0.5, 0.6) is 5.75 Å². The van der Waals surface area contributed by atoms with E-state index in [9.17, 15) is 0 Å². The van der Waals surface area contributed by atoms with E-state index in [0.29, 0.717) is 13.0 Å². The molecule has 2 heteroatoms. The Balaban J connectivity index is 1.91. The van der Waals surface area contributed by atoms with Gasteiger partial charge in [0.15, 0.2) is 0 Å². The first kappa shape index (κ1) is 14.2. The lowest BCUT2D eigenvalue weighted by atomic mass is 10.2. The molecule has 0 heterocycles. The fourth-order valence-electron chi connectivity index (χ4n) is 1.71. The van der Waals surface area contributed by atoms with Crippen LogP contribution in [-0.4, -0.2) is 11.7 Å². The number of aliphatic hydroxyl groups is 1. The SMILES string of the molecule is Cc1ccc(COc2ccc(C#CCCO)cc2)cc1. The monoisotopic (exact) mass is 266 g/mol. The van der Waals surface area contributed by atoms with E-state index >= 15 is 0 Å². The first-order valence-corrected chi connectivity index (χ1v) is 6.66. The van der Waals surface area contributed by atoms with Crippen LogP contribution in [0.25, 0.3) is 0 Å². The van der Waals surface area contributed by atoms with Crippen molar-refractivity contribution in [3.05, 3.63) is 65.2 Å². The molecule has 102 valence electrons. The minimum absolute atomic E-state index is 0.102. The molecule has 2 nitrogen and oxygen atoms in total. The highest BCUT2D eigenvalue weighted by molar-refractivity contribution is 5.38. The fourth-order valence-corrected chi connectivity index (χ4v) is 1.71. The Bertz CT molecular complexity index is 586. The topological polar surface area (TPSA) is 29.5 Å². The number of hydrogen-bond donors (Lipinski definition) is 1. The van der Waals surface area contributed by atoms with Crippen LogP contribution >= 0.6 is 0 Å². The molecule has 0 aliphatic heterocycles. The Morgan fingerprint density at radius 2 is 1.70 bits per heavy atom. The summed E-state index contributed by atoms with van der Waals surface area (Å²) in [6, 6.07) is 16.0. The van der Waals surface area contributed by atoms with Crippen LogP contribution in [-0.2, 0) is 6.61 Å². The Labute approximate surface area is 120 Å². The van der Waals surface area contributed by atoms with E-state index in [0.717, 1.165) is 16.9 Å². The molecule has 0 fully saturated rings. The summed E-state index contributed by atoms with van der Waals surface area (Å²) >= 11 is 0. The van der Waals surface area contributed by atoms with Crippen molar-refractivity contribution in [2.75, 3.05) is 6.61 Å². The van der Waals surface area contributed by atoms with Gasteiger partial charge in [0.1, 0.15) is 12.4 Å². The summed E-state index contributed by atoms with van der Waals surface area (Å²) in [4.78, 5) is 0. The van der Waals surface area contributed by atoms with E-state index in [-0.39, 0.29) is 6.61 Å². The highest BCUT2D eigenvalue weighted by Gasteiger charge is 1.96. The van der Waals surface area contributed by atoms with Crippen LogP contribution in [0.3, 0.4) is 0 Å². The van der Waals surface area contributed by atoms with E-state index in [2.05, 4.69) is 43.0 Å². The first-order valence-electron chi connectivity index (χ1n) is 6.66. The van der Waals surface area contributed by atoms with Crippen LogP contribution in [0, 0.1) is 18.8 Å².